The molecule has 1 aliphatic heterocycles. The van der Waals surface area contributed by atoms with Crippen LogP contribution in [0.1, 0.15) is 6.42 Å². The Morgan fingerprint density at radius 1 is 1.70 bits per heavy atom. The topological polar surface area (TPSA) is 41.1 Å². The molecular formula is C5H10N2OS2. The Bertz CT molecular complexity index is 142. The van der Waals surface area contributed by atoms with Crippen molar-refractivity contribution in [2.24, 2.45) is 0 Å². The summed E-state index contributed by atoms with van der Waals surface area (Å²) in [7, 11) is 0. The first-order valence-corrected chi connectivity index (χ1v) is 4.06. The molecule has 0 saturated carbocycles. The highest BCUT2D eigenvalue weighted by Crippen LogP contribution is 2.11. The fourth-order valence-electron chi connectivity index (χ4n) is 0.995. The van der Waals surface area contributed by atoms with Crippen molar-refractivity contribution >= 4 is 31.4 Å². The van der Waals surface area contributed by atoms with Crippen molar-refractivity contribution in [1.82, 2.24) is 10.0 Å². The quantitative estimate of drug-likeness (QED) is 0.413. The van der Waals surface area contributed by atoms with Gasteiger partial charge in [0, 0.05) is 11.8 Å². The third-order valence-corrected chi connectivity index (χ3v) is 2.15. The normalized spacial score (nSPS) is 32.2. The minimum absolute atomic E-state index is 0.0696. The summed E-state index contributed by atoms with van der Waals surface area (Å²) in [5.74, 6) is -0.0696. The highest BCUT2D eigenvalue weighted by atomic mass is 32.1. The second-order valence-electron chi connectivity index (χ2n) is 2.33. The largest absolute Gasteiger partial charge is 0.305 e. The maximum atomic E-state index is 10.9. The third-order valence-electron chi connectivity index (χ3n) is 1.53. The van der Waals surface area contributed by atoms with Gasteiger partial charge in [0.25, 0.3) is 0 Å². The Morgan fingerprint density at radius 3 is 2.80 bits per heavy atom. The maximum Gasteiger partial charge on any atom is 0.246 e. The lowest BCUT2D eigenvalue weighted by atomic mass is 10.2. The molecule has 0 aromatic carbocycles. The van der Waals surface area contributed by atoms with Crippen LogP contribution in [0.5, 0.6) is 0 Å². The molecule has 5 heteroatoms. The van der Waals surface area contributed by atoms with Crippen molar-refractivity contribution in [2.75, 3.05) is 6.54 Å². The van der Waals surface area contributed by atoms with Gasteiger partial charge in [-0.2, -0.15) is 12.6 Å². The van der Waals surface area contributed by atoms with E-state index in [0.717, 1.165) is 13.0 Å². The van der Waals surface area contributed by atoms with Crippen LogP contribution >= 0.6 is 25.4 Å². The zero-order chi connectivity index (χ0) is 7.56. The lowest BCUT2D eigenvalue weighted by Gasteiger charge is -2.05. The van der Waals surface area contributed by atoms with Crippen LogP contribution in [-0.2, 0) is 4.79 Å². The van der Waals surface area contributed by atoms with Gasteiger partial charge in [0.2, 0.25) is 5.91 Å². The minimum atomic E-state index is -0.0972. The summed E-state index contributed by atoms with van der Waals surface area (Å²) < 4.78 is 2.29. The predicted octanol–water partition coefficient (Wildman–Crippen LogP) is -0.392. The average molecular weight is 178 g/mol. The van der Waals surface area contributed by atoms with E-state index in [1.54, 1.807) is 0 Å². The van der Waals surface area contributed by atoms with Crippen LogP contribution in [0.4, 0.5) is 0 Å². The van der Waals surface area contributed by atoms with Crippen molar-refractivity contribution in [3.05, 3.63) is 0 Å². The number of nitrogens with one attached hydrogen (secondary N) is 2. The number of rotatable bonds is 1. The summed E-state index contributed by atoms with van der Waals surface area (Å²) in [6.07, 6.45) is 0.787. The number of hydrogen-bond acceptors (Lipinski definition) is 4. The third kappa shape index (κ3) is 1.81. The monoisotopic (exact) mass is 178 g/mol. The second kappa shape index (κ2) is 3.50. The molecule has 1 aliphatic rings. The van der Waals surface area contributed by atoms with Gasteiger partial charge in [-0.25, -0.2) is 0 Å². The van der Waals surface area contributed by atoms with Crippen molar-refractivity contribution < 1.29 is 4.79 Å². The minimum Gasteiger partial charge on any atom is -0.305 e. The lowest BCUT2D eigenvalue weighted by Crippen LogP contribution is -2.36. The number of amides is 1. The zero-order valence-corrected chi connectivity index (χ0v) is 7.16. The van der Waals surface area contributed by atoms with Gasteiger partial charge in [-0.1, -0.05) is 12.8 Å². The summed E-state index contributed by atoms with van der Waals surface area (Å²) in [6, 6.07) is -0.0972. The van der Waals surface area contributed by atoms with Gasteiger partial charge < -0.3 is 10.0 Å². The molecule has 0 aliphatic carbocycles. The zero-order valence-electron chi connectivity index (χ0n) is 5.37. The first kappa shape index (κ1) is 8.23. The number of thiol groups is 2. The summed E-state index contributed by atoms with van der Waals surface area (Å²) in [5, 5.41) is 3.32. The van der Waals surface area contributed by atoms with E-state index in [1.807, 2.05) is 0 Å². The van der Waals surface area contributed by atoms with Gasteiger partial charge in [0.1, 0.15) is 0 Å². The molecule has 0 aromatic heterocycles. The molecule has 2 N–H and O–H groups in total. The molecule has 1 fully saturated rings. The van der Waals surface area contributed by atoms with Crippen LogP contribution in [0.2, 0.25) is 0 Å². The molecule has 0 bridgehead atoms. The summed E-state index contributed by atoms with van der Waals surface area (Å²) in [5.41, 5.74) is 0. The average Bonchev–Trinajstić information content (AvgIpc) is 2.34. The van der Waals surface area contributed by atoms with Crippen LogP contribution in [0, 0.1) is 0 Å². The van der Waals surface area contributed by atoms with Gasteiger partial charge in [-0.15, -0.1) is 0 Å². The summed E-state index contributed by atoms with van der Waals surface area (Å²) in [6.45, 7) is 0.801. The van der Waals surface area contributed by atoms with Crippen molar-refractivity contribution in [2.45, 2.75) is 17.7 Å². The van der Waals surface area contributed by atoms with E-state index < -0.39 is 0 Å². The van der Waals surface area contributed by atoms with Crippen LogP contribution in [0.15, 0.2) is 0 Å². The highest BCUT2D eigenvalue weighted by molar-refractivity contribution is 7.81. The fourth-order valence-corrected chi connectivity index (χ4v) is 1.47. The van der Waals surface area contributed by atoms with Crippen molar-refractivity contribution in [3.63, 3.8) is 0 Å². The Morgan fingerprint density at radius 2 is 2.40 bits per heavy atom. The molecule has 10 heavy (non-hydrogen) atoms. The maximum absolute atomic E-state index is 10.9. The first-order valence-electron chi connectivity index (χ1n) is 3.09. The summed E-state index contributed by atoms with van der Waals surface area (Å²) in [4.78, 5) is 10.9. The Kier molecular flexibility index (Phi) is 2.88. The van der Waals surface area contributed by atoms with E-state index in [0.29, 0.717) is 5.25 Å². The SMILES string of the molecule is O=C(NS)C1CC(S)CN1. The van der Waals surface area contributed by atoms with E-state index in [1.165, 1.54) is 0 Å². The van der Waals surface area contributed by atoms with Gasteiger partial charge >= 0.3 is 0 Å². The molecule has 1 amide bonds. The summed E-state index contributed by atoms with van der Waals surface area (Å²) >= 11 is 7.87. The molecular weight excluding hydrogens is 168 g/mol. The smallest absolute Gasteiger partial charge is 0.246 e. The number of carbonyl (C=O) groups excluding carboxylic acids is 1. The fraction of sp³-hybridized carbons (Fsp3) is 0.800. The van der Waals surface area contributed by atoms with E-state index in [9.17, 15) is 4.79 Å². The van der Waals surface area contributed by atoms with Gasteiger partial charge in [0.05, 0.1) is 6.04 Å². The predicted molar refractivity (Wildman–Crippen MR) is 46.3 cm³/mol. The van der Waals surface area contributed by atoms with Gasteiger partial charge in [0.15, 0.2) is 0 Å². The molecule has 0 aromatic rings. The first-order chi connectivity index (χ1) is 4.74. The molecule has 58 valence electrons. The Hall–Kier alpha value is 0.130. The van der Waals surface area contributed by atoms with Gasteiger partial charge in [-0.3, -0.25) is 4.79 Å². The molecule has 1 saturated heterocycles. The molecule has 1 heterocycles. The Balaban J connectivity index is 2.37. The van der Waals surface area contributed by atoms with E-state index in [2.05, 4.69) is 35.5 Å². The van der Waals surface area contributed by atoms with Gasteiger partial charge in [-0.05, 0) is 6.42 Å². The van der Waals surface area contributed by atoms with Crippen molar-refractivity contribution in [1.29, 1.82) is 0 Å². The molecule has 1 rings (SSSR count). The second-order valence-corrected chi connectivity index (χ2v) is 3.28. The van der Waals surface area contributed by atoms with E-state index >= 15 is 0 Å². The number of carbonyl (C=O) groups is 1. The lowest BCUT2D eigenvalue weighted by molar-refractivity contribution is -0.120. The molecule has 0 spiro atoms. The van der Waals surface area contributed by atoms with Crippen LogP contribution in [0.25, 0.3) is 0 Å². The molecule has 2 unspecified atom stereocenters. The molecule has 0 radical (unpaired) electrons. The number of hydrogen-bond donors (Lipinski definition) is 4. The Labute approximate surface area is 70.9 Å². The standard InChI is InChI=1S/C5H10N2OS2/c8-5(7-10)4-1-3(9)2-6-4/h3-4,6,9-10H,1-2H2,(H,7,8). The van der Waals surface area contributed by atoms with Crippen LogP contribution < -0.4 is 10.0 Å². The van der Waals surface area contributed by atoms with Crippen LogP contribution in [0.3, 0.4) is 0 Å². The van der Waals surface area contributed by atoms with E-state index in [4.69, 9.17) is 0 Å². The molecule has 3 nitrogen and oxygen atoms in total. The van der Waals surface area contributed by atoms with Crippen LogP contribution in [-0.4, -0.2) is 23.7 Å². The highest BCUT2D eigenvalue weighted by Gasteiger charge is 2.26. The van der Waals surface area contributed by atoms with Crippen molar-refractivity contribution in [3.8, 4) is 0 Å². The van der Waals surface area contributed by atoms with E-state index in [-0.39, 0.29) is 11.9 Å². The molecule has 2 atom stereocenters.